The predicted molar refractivity (Wildman–Crippen MR) is 313 cm³/mol. The Bertz CT molecular complexity index is 3070. The number of rotatable bonds is 16. The molecule has 23 heteroatoms. The van der Waals surface area contributed by atoms with Crippen molar-refractivity contribution in [2.75, 3.05) is 117 Å². The van der Waals surface area contributed by atoms with Gasteiger partial charge in [0.25, 0.3) is 11.8 Å². The summed E-state index contributed by atoms with van der Waals surface area (Å²) in [5.74, 6) is 2.15. The van der Waals surface area contributed by atoms with Crippen LogP contribution in [0.3, 0.4) is 0 Å². The summed E-state index contributed by atoms with van der Waals surface area (Å²) in [4.78, 5) is 87.6. The SMILES string of the molecule is C#C[C@@H]1CN(C(=O)[C@H](CC(C)C)NC(=O)c2ccc(-c3nc(N4CCN(C)CC4)sc3F)cc2)[C@@H]2C(=O)CO[C@H]12.C#C[C@@H]1CN(C(=O)[C@H](CC(C)C)NC(=O)c2ccc(-c3nc(N4CCN(C)CC4)sc3F)cc2)[C@H]2[C@@H]1OCC2(OC)OC. The molecule has 83 heavy (non-hydrogen) atoms. The molecule has 444 valence electrons. The smallest absolute Gasteiger partial charge is 0.251 e. The van der Waals surface area contributed by atoms with Crippen LogP contribution in [0.1, 0.15) is 61.3 Å². The third-order valence-electron chi connectivity index (χ3n) is 16.4. The minimum Gasteiger partial charge on any atom is -0.369 e. The van der Waals surface area contributed by atoms with E-state index in [1.54, 1.807) is 53.4 Å². The standard InChI is InChI=1S/C31H40FN5O5S.C29H34FN5O4S/c1-7-20-17-37(26-25(20)42-18-31(26,40-5)41-6)29(39)23(16-19(2)3)33-28(38)22-10-8-21(9-11-22)24-27(32)43-30(34-24)36-14-12-35(4)13-15-36;1-5-18-15-35(24-22(36)16-39-25(18)24)28(38)21(14-17(2)3)31-27(37)20-8-6-19(7-9-20)23-26(30)40-29(32-23)34-12-10-33(4)11-13-34/h1,8-11,19-20,23,25-26H,12-18H2,2-6H3,(H,33,38);1,6-9,17-18,21,24-25H,10-16H2,2-4H3,(H,31,37)/t20-,23+,25-,26+;18-,21+,24-,25-/m11/s1. The molecule has 0 aliphatic carbocycles. The van der Waals surface area contributed by atoms with Gasteiger partial charge in [-0.25, -0.2) is 9.97 Å². The van der Waals surface area contributed by atoms with Crippen LogP contribution in [0.15, 0.2) is 48.5 Å². The molecule has 2 aromatic carbocycles. The number of likely N-dealkylation sites (tertiary alicyclic amines) is 2. The summed E-state index contributed by atoms with van der Waals surface area (Å²) in [6.45, 7) is 15.2. The highest BCUT2D eigenvalue weighted by Crippen LogP contribution is 2.42. The number of nitrogens with zero attached hydrogens (tertiary/aromatic N) is 8. The number of thiazole rings is 2. The molecule has 0 bridgehead atoms. The molecule has 0 radical (unpaired) electrons. The fourth-order valence-electron chi connectivity index (χ4n) is 11.7. The Morgan fingerprint density at radius 1 is 0.675 bits per heavy atom. The molecular weight excluding hydrogens is 1110 g/mol. The topological polar surface area (TPSA) is 192 Å². The number of amides is 4. The third-order valence-corrected chi connectivity index (χ3v) is 18.2. The number of likely N-dealkylation sites (N-methyl/N-ethyl adjacent to an activating group) is 2. The van der Waals surface area contributed by atoms with E-state index in [1.165, 1.54) is 19.1 Å². The van der Waals surface area contributed by atoms with E-state index < -0.39 is 54.0 Å². The molecule has 6 aliphatic rings. The molecule has 2 aromatic heterocycles. The van der Waals surface area contributed by atoms with E-state index in [0.29, 0.717) is 45.4 Å². The van der Waals surface area contributed by atoms with Crippen LogP contribution >= 0.6 is 22.7 Å². The quantitative estimate of drug-likeness (QED) is 0.113. The Hall–Kier alpha value is -6.41. The maximum Gasteiger partial charge on any atom is 0.251 e. The lowest BCUT2D eigenvalue weighted by atomic mass is 9.98. The van der Waals surface area contributed by atoms with E-state index in [2.05, 4.69) is 66.1 Å². The maximum absolute atomic E-state index is 14.9. The van der Waals surface area contributed by atoms with Gasteiger partial charge in [-0.3, -0.25) is 24.0 Å². The van der Waals surface area contributed by atoms with Crippen molar-refractivity contribution in [3.8, 4) is 47.2 Å². The Balaban J connectivity index is 0.000000200. The van der Waals surface area contributed by atoms with Crippen LogP contribution < -0.4 is 20.4 Å². The predicted octanol–water partition coefficient (Wildman–Crippen LogP) is 4.97. The van der Waals surface area contributed by atoms with Crippen molar-refractivity contribution in [1.82, 2.24) is 40.2 Å². The van der Waals surface area contributed by atoms with Gasteiger partial charge in [-0.15, -0.1) is 12.8 Å². The zero-order valence-electron chi connectivity index (χ0n) is 48.3. The summed E-state index contributed by atoms with van der Waals surface area (Å²) in [6.07, 6.45) is 11.3. The molecule has 10 rings (SSSR count). The first-order valence-corrected chi connectivity index (χ1v) is 29.8. The van der Waals surface area contributed by atoms with Crippen LogP contribution in [0.2, 0.25) is 0 Å². The summed E-state index contributed by atoms with van der Waals surface area (Å²) >= 11 is 2.07. The lowest BCUT2D eigenvalue weighted by Crippen LogP contribution is -2.58. The molecule has 6 aliphatic heterocycles. The average Bonchev–Trinajstić information content (AvgIpc) is 2.38. The fourth-order valence-corrected chi connectivity index (χ4v) is 13.4. The second-order valence-electron chi connectivity index (χ2n) is 22.9. The minimum absolute atomic E-state index is 0.0682. The number of piperazine rings is 2. The van der Waals surface area contributed by atoms with E-state index in [0.717, 1.165) is 75.0 Å². The zero-order valence-corrected chi connectivity index (χ0v) is 49.9. The van der Waals surface area contributed by atoms with Crippen LogP contribution in [0, 0.1) is 58.6 Å². The molecular formula is C60H74F2N10O9S2. The van der Waals surface area contributed by atoms with Crippen molar-refractivity contribution < 1.29 is 51.7 Å². The van der Waals surface area contributed by atoms with Crippen molar-refractivity contribution in [3.63, 3.8) is 0 Å². The van der Waals surface area contributed by atoms with Crippen LogP contribution in [0.25, 0.3) is 22.5 Å². The first kappa shape index (κ1) is 61.2. The number of ketones is 1. The molecule has 8 atom stereocenters. The van der Waals surface area contributed by atoms with Gasteiger partial charge < -0.3 is 59.0 Å². The fraction of sp³-hybridized carbons (Fsp3) is 0.550. The number of aromatic nitrogens is 2. The van der Waals surface area contributed by atoms with Crippen LogP contribution in [-0.2, 0) is 33.3 Å². The largest absolute Gasteiger partial charge is 0.369 e. The number of terminal acetylenes is 2. The summed E-state index contributed by atoms with van der Waals surface area (Å²) in [7, 11) is 7.16. The lowest BCUT2D eigenvalue weighted by Gasteiger charge is -2.37. The number of hydrogen-bond acceptors (Lipinski definition) is 17. The monoisotopic (exact) mass is 1180 g/mol. The normalized spacial score (nSPS) is 24.0. The van der Waals surface area contributed by atoms with E-state index in [9.17, 15) is 32.8 Å². The van der Waals surface area contributed by atoms with E-state index in [4.69, 9.17) is 31.8 Å². The van der Waals surface area contributed by atoms with Crippen LogP contribution in [0.5, 0.6) is 0 Å². The van der Waals surface area contributed by atoms with Gasteiger partial charge in [-0.2, -0.15) is 8.78 Å². The molecule has 6 saturated heterocycles. The molecule has 4 aromatic rings. The van der Waals surface area contributed by atoms with Gasteiger partial charge >= 0.3 is 0 Å². The molecule has 0 saturated carbocycles. The average molecular weight is 1180 g/mol. The number of nitrogens with one attached hydrogen (secondary N) is 2. The number of benzene rings is 2. The second-order valence-corrected chi connectivity index (χ2v) is 24.8. The highest BCUT2D eigenvalue weighted by Gasteiger charge is 2.62. The zero-order chi connectivity index (χ0) is 59.4. The number of halogens is 2. The third kappa shape index (κ3) is 13.1. The van der Waals surface area contributed by atoms with Crippen LogP contribution in [0.4, 0.5) is 19.0 Å². The van der Waals surface area contributed by atoms with Gasteiger partial charge in [0.2, 0.25) is 27.9 Å². The van der Waals surface area contributed by atoms with E-state index in [-0.39, 0.29) is 89.2 Å². The van der Waals surface area contributed by atoms with Crippen molar-refractivity contribution in [3.05, 3.63) is 69.9 Å². The maximum atomic E-state index is 14.9. The highest BCUT2D eigenvalue weighted by atomic mass is 32.1. The lowest BCUT2D eigenvalue weighted by molar-refractivity contribution is -0.227. The Labute approximate surface area is 492 Å². The molecule has 6 fully saturated rings. The number of hydrogen-bond donors (Lipinski definition) is 2. The molecule has 2 N–H and O–H groups in total. The summed E-state index contributed by atoms with van der Waals surface area (Å²) < 4.78 is 52.7. The van der Waals surface area contributed by atoms with Gasteiger partial charge in [-0.1, -0.05) is 86.5 Å². The number of ether oxygens (including phenoxy) is 4. The number of methoxy groups -OCH3 is 2. The van der Waals surface area contributed by atoms with E-state index >= 15 is 0 Å². The van der Waals surface area contributed by atoms with Crippen molar-refractivity contribution in [2.45, 2.75) is 82.7 Å². The Morgan fingerprint density at radius 3 is 1.52 bits per heavy atom. The van der Waals surface area contributed by atoms with Gasteiger partial charge in [0.1, 0.15) is 54.9 Å². The van der Waals surface area contributed by atoms with Gasteiger partial charge in [0.15, 0.2) is 16.0 Å². The van der Waals surface area contributed by atoms with Crippen molar-refractivity contribution in [2.24, 2.45) is 23.7 Å². The first-order valence-electron chi connectivity index (χ1n) is 28.2. The minimum atomic E-state index is -1.15. The Morgan fingerprint density at radius 2 is 1.10 bits per heavy atom. The number of anilines is 2. The van der Waals surface area contributed by atoms with Gasteiger partial charge in [0, 0.05) is 102 Å². The summed E-state index contributed by atoms with van der Waals surface area (Å²) in [6, 6.07) is 10.2. The molecule has 19 nitrogen and oxygen atoms in total. The summed E-state index contributed by atoms with van der Waals surface area (Å²) in [5.41, 5.74) is 2.37. The number of carbonyl (C=O) groups is 5. The van der Waals surface area contributed by atoms with Crippen LogP contribution in [-0.4, -0.2) is 208 Å². The molecule has 8 heterocycles. The summed E-state index contributed by atoms with van der Waals surface area (Å²) in [5, 5.41) is 6.38. The molecule has 4 amide bonds. The first-order chi connectivity index (χ1) is 39.8. The molecule has 0 spiro atoms. The highest BCUT2D eigenvalue weighted by molar-refractivity contribution is 7.14. The number of Topliss-reactive ketones (excluding diaryl/α,β-unsaturated/α-hetero) is 1. The molecule has 0 unspecified atom stereocenters. The second kappa shape index (κ2) is 26.2. The Kier molecular flexibility index (Phi) is 19.3. The van der Waals surface area contributed by atoms with Crippen molar-refractivity contribution >= 4 is 62.3 Å². The van der Waals surface area contributed by atoms with Crippen molar-refractivity contribution in [1.29, 1.82) is 0 Å². The number of carbonyl (C=O) groups excluding carboxylic acids is 5. The van der Waals surface area contributed by atoms with E-state index in [1.807, 2.05) is 27.7 Å². The van der Waals surface area contributed by atoms with Gasteiger partial charge in [0.05, 0.1) is 17.9 Å². The number of fused-ring (bicyclic) bond motifs is 2. The van der Waals surface area contributed by atoms with Gasteiger partial charge in [-0.05, 0) is 63.0 Å².